The highest BCUT2D eigenvalue weighted by molar-refractivity contribution is 6.28. The molecule has 0 fully saturated rings. The van der Waals surface area contributed by atoms with Crippen molar-refractivity contribution in [3.63, 3.8) is 0 Å². The Labute approximate surface area is 259 Å². The van der Waals surface area contributed by atoms with Crippen LogP contribution in [0.4, 0.5) is 28.4 Å². The zero-order valence-corrected chi connectivity index (χ0v) is 25.1. The van der Waals surface area contributed by atoms with Crippen molar-refractivity contribution in [2.24, 2.45) is 0 Å². The van der Waals surface area contributed by atoms with E-state index in [9.17, 15) is 0 Å². The van der Waals surface area contributed by atoms with E-state index in [0.717, 1.165) is 17.8 Å². The van der Waals surface area contributed by atoms with Crippen molar-refractivity contribution in [1.29, 1.82) is 0 Å². The number of rotatable bonds is 6. The van der Waals surface area contributed by atoms with E-state index in [1.165, 1.54) is 60.5 Å². The van der Waals surface area contributed by atoms with Crippen LogP contribution in [-0.4, -0.2) is 6.04 Å². The van der Waals surface area contributed by atoms with Crippen molar-refractivity contribution in [1.82, 2.24) is 0 Å². The van der Waals surface area contributed by atoms with Gasteiger partial charge in [0.2, 0.25) is 0 Å². The number of para-hydroxylation sites is 2. The maximum atomic E-state index is 2.53. The highest BCUT2D eigenvalue weighted by Gasteiger charge is 2.24. The van der Waals surface area contributed by atoms with Crippen LogP contribution in [0, 0.1) is 6.92 Å². The molecule has 0 spiro atoms. The van der Waals surface area contributed by atoms with Gasteiger partial charge in [-0.1, -0.05) is 109 Å². The van der Waals surface area contributed by atoms with Crippen LogP contribution in [0.2, 0.25) is 0 Å². The normalized spacial score (nSPS) is 14.8. The first-order chi connectivity index (χ1) is 21.7. The predicted octanol–water partition coefficient (Wildman–Crippen LogP) is 11.8. The molecule has 0 heterocycles. The molecular weight excluding hydrogens is 532 g/mol. The molecule has 1 aliphatic carbocycles. The second-order valence-electron chi connectivity index (χ2n) is 12.0. The van der Waals surface area contributed by atoms with E-state index in [1.807, 2.05) is 0 Å². The van der Waals surface area contributed by atoms with Gasteiger partial charge in [0.05, 0.1) is 11.7 Å². The first-order valence-corrected chi connectivity index (χ1v) is 15.5. The number of benzene rings is 7. The maximum Gasteiger partial charge on any atom is 0.0562 e. The zero-order chi connectivity index (χ0) is 29.6. The third kappa shape index (κ3) is 4.42. The molecular formula is C42H34N2. The summed E-state index contributed by atoms with van der Waals surface area (Å²) in [4.78, 5) is 4.93. The Morgan fingerprint density at radius 3 is 1.80 bits per heavy atom. The predicted molar refractivity (Wildman–Crippen MR) is 189 cm³/mol. The summed E-state index contributed by atoms with van der Waals surface area (Å²) in [6.45, 7) is 4.40. The lowest BCUT2D eigenvalue weighted by molar-refractivity contribution is 0.759. The maximum absolute atomic E-state index is 2.53. The molecule has 7 aromatic rings. The Morgan fingerprint density at radius 1 is 0.545 bits per heavy atom. The van der Waals surface area contributed by atoms with Crippen molar-refractivity contribution in [3.05, 3.63) is 163 Å². The van der Waals surface area contributed by atoms with Gasteiger partial charge in [-0.15, -0.1) is 0 Å². The summed E-state index contributed by atoms with van der Waals surface area (Å²) in [6.07, 6.45) is 7.79. The molecule has 0 aromatic heterocycles. The number of hydrogen-bond donors (Lipinski definition) is 0. The largest absolute Gasteiger partial charge is 0.334 e. The fourth-order valence-electron chi connectivity index (χ4n) is 7.04. The van der Waals surface area contributed by atoms with Crippen molar-refractivity contribution in [2.45, 2.75) is 26.3 Å². The molecule has 0 bridgehead atoms. The summed E-state index contributed by atoms with van der Waals surface area (Å²) in [7, 11) is 0. The van der Waals surface area contributed by atoms with Gasteiger partial charge in [-0.2, -0.15) is 0 Å². The summed E-state index contributed by atoms with van der Waals surface area (Å²) in [5, 5.41) is 7.71. The fraction of sp³-hybridized carbons (Fsp3) is 0.0952. The standard InChI is InChI=1S/C42H34N2/c1-29-11-9-17-35(27-29)43(33-13-5-3-6-14-33)39-25-21-31-20-24-38-40(26-22-32-19-23-37(39)41(31)42(32)38)44(34-15-7-4-8-16-34)36-18-10-12-30(2)28-36/h3-27,36H,28H2,1-2H3. The lowest BCUT2D eigenvalue weighted by atomic mass is 9.91. The molecule has 212 valence electrons. The van der Waals surface area contributed by atoms with Gasteiger partial charge in [-0.3, -0.25) is 0 Å². The summed E-state index contributed by atoms with van der Waals surface area (Å²) < 4.78 is 0. The minimum atomic E-state index is 0.242. The highest BCUT2D eigenvalue weighted by Crippen LogP contribution is 2.46. The van der Waals surface area contributed by atoms with Crippen LogP contribution in [0.15, 0.2) is 157 Å². The molecule has 0 radical (unpaired) electrons. The lowest BCUT2D eigenvalue weighted by Gasteiger charge is -2.35. The Kier molecular flexibility index (Phi) is 6.42. The Balaban J connectivity index is 1.39. The highest BCUT2D eigenvalue weighted by atomic mass is 15.2. The molecule has 0 amide bonds. The van der Waals surface area contributed by atoms with E-state index < -0.39 is 0 Å². The van der Waals surface area contributed by atoms with Crippen molar-refractivity contribution in [2.75, 3.05) is 9.80 Å². The van der Waals surface area contributed by atoms with Gasteiger partial charge in [0, 0.05) is 33.5 Å². The van der Waals surface area contributed by atoms with E-state index in [-0.39, 0.29) is 6.04 Å². The first kappa shape index (κ1) is 26.3. The average molecular weight is 567 g/mol. The van der Waals surface area contributed by atoms with Gasteiger partial charge in [0.15, 0.2) is 0 Å². The number of anilines is 5. The van der Waals surface area contributed by atoms with Crippen LogP contribution in [-0.2, 0) is 0 Å². The molecule has 0 saturated heterocycles. The van der Waals surface area contributed by atoms with Crippen LogP contribution >= 0.6 is 0 Å². The van der Waals surface area contributed by atoms with Crippen LogP contribution in [0.25, 0.3) is 32.3 Å². The molecule has 1 atom stereocenters. The average Bonchev–Trinajstić information content (AvgIpc) is 3.06. The van der Waals surface area contributed by atoms with Crippen molar-refractivity contribution < 1.29 is 0 Å². The molecule has 0 aliphatic heterocycles. The molecule has 1 unspecified atom stereocenters. The number of allylic oxidation sites excluding steroid dienone is 2. The third-order valence-electron chi connectivity index (χ3n) is 9.00. The Bertz CT molecular complexity index is 2180. The van der Waals surface area contributed by atoms with E-state index in [2.05, 4.69) is 175 Å². The quantitative estimate of drug-likeness (QED) is 0.185. The van der Waals surface area contributed by atoms with Gasteiger partial charge in [0.1, 0.15) is 0 Å². The SMILES string of the molecule is CC1=CC=CC(N(c2ccccc2)c2ccc3ccc4c(N(c5ccccc5)c5cccc(C)c5)ccc5ccc2c3c54)C1. The smallest absolute Gasteiger partial charge is 0.0562 e. The summed E-state index contributed by atoms with van der Waals surface area (Å²) in [5.41, 5.74) is 8.59. The van der Waals surface area contributed by atoms with Crippen LogP contribution in [0.1, 0.15) is 18.9 Å². The molecule has 7 aromatic carbocycles. The lowest BCUT2D eigenvalue weighted by Crippen LogP contribution is -2.30. The molecule has 0 saturated carbocycles. The van der Waals surface area contributed by atoms with Gasteiger partial charge >= 0.3 is 0 Å². The minimum Gasteiger partial charge on any atom is -0.334 e. The monoisotopic (exact) mass is 566 g/mol. The Morgan fingerprint density at radius 2 is 1.14 bits per heavy atom. The first-order valence-electron chi connectivity index (χ1n) is 15.5. The molecule has 0 N–H and O–H groups in total. The summed E-state index contributed by atoms with van der Waals surface area (Å²) in [5.74, 6) is 0. The third-order valence-corrected chi connectivity index (χ3v) is 9.00. The van der Waals surface area contributed by atoms with Gasteiger partial charge in [-0.25, -0.2) is 0 Å². The summed E-state index contributed by atoms with van der Waals surface area (Å²) >= 11 is 0. The summed E-state index contributed by atoms with van der Waals surface area (Å²) in [6, 6.07) is 49.1. The van der Waals surface area contributed by atoms with E-state index in [0.29, 0.717) is 0 Å². The van der Waals surface area contributed by atoms with Crippen LogP contribution in [0.5, 0.6) is 0 Å². The molecule has 2 nitrogen and oxygen atoms in total. The molecule has 1 aliphatic rings. The van der Waals surface area contributed by atoms with Crippen molar-refractivity contribution >= 4 is 60.8 Å². The fourth-order valence-corrected chi connectivity index (χ4v) is 7.04. The molecule has 44 heavy (non-hydrogen) atoms. The van der Waals surface area contributed by atoms with Crippen LogP contribution < -0.4 is 9.80 Å². The van der Waals surface area contributed by atoms with Crippen molar-refractivity contribution in [3.8, 4) is 0 Å². The minimum absolute atomic E-state index is 0.242. The number of aryl methyl sites for hydroxylation is 1. The van der Waals surface area contributed by atoms with Crippen LogP contribution in [0.3, 0.4) is 0 Å². The van der Waals surface area contributed by atoms with Gasteiger partial charge < -0.3 is 9.80 Å². The van der Waals surface area contributed by atoms with Gasteiger partial charge in [0.25, 0.3) is 0 Å². The number of nitrogens with zero attached hydrogens (tertiary/aromatic N) is 2. The topological polar surface area (TPSA) is 6.48 Å². The second-order valence-corrected chi connectivity index (χ2v) is 12.0. The van der Waals surface area contributed by atoms with E-state index in [4.69, 9.17) is 0 Å². The molecule has 8 rings (SSSR count). The van der Waals surface area contributed by atoms with E-state index in [1.54, 1.807) is 0 Å². The zero-order valence-electron chi connectivity index (χ0n) is 25.1. The molecule has 2 heteroatoms. The van der Waals surface area contributed by atoms with E-state index >= 15 is 0 Å². The van der Waals surface area contributed by atoms with Gasteiger partial charge in [-0.05, 0) is 95.9 Å². The second kappa shape index (κ2) is 10.7. The number of hydrogen-bond acceptors (Lipinski definition) is 2. The Hall–Kier alpha value is -5.34.